The van der Waals surface area contributed by atoms with Crippen LogP contribution in [0.5, 0.6) is 0 Å². The zero-order chi connectivity index (χ0) is 41.4. The van der Waals surface area contributed by atoms with Crippen molar-refractivity contribution in [3.63, 3.8) is 0 Å². The van der Waals surface area contributed by atoms with Gasteiger partial charge in [-0.1, -0.05) is 78.9 Å². The van der Waals surface area contributed by atoms with Gasteiger partial charge in [-0.15, -0.1) is 0 Å². The van der Waals surface area contributed by atoms with Crippen molar-refractivity contribution >= 4 is 10.8 Å². The van der Waals surface area contributed by atoms with Crippen LogP contribution in [0.4, 0.5) is 35.1 Å². The van der Waals surface area contributed by atoms with Crippen molar-refractivity contribution in [1.29, 1.82) is 0 Å². The number of rotatable bonds is 6. The Morgan fingerprint density at radius 3 is 0.983 bits per heavy atom. The van der Waals surface area contributed by atoms with Gasteiger partial charge in [0.05, 0.1) is 0 Å². The maximum atomic E-state index is 14.8. The van der Waals surface area contributed by atoms with E-state index in [1.54, 1.807) is 36.4 Å². The van der Waals surface area contributed by atoms with E-state index >= 15 is 0 Å². The molecule has 9 aromatic rings. The summed E-state index contributed by atoms with van der Waals surface area (Å²) in [7, 11) is 0. The van der Waals surface area contributed by atoms with Crippen LogP contribution in [0, 0.1) is 46.5 Å². The minimum absolute atomic E-state index is 0.225. The molecule has 8 heteroatoms. The second kappa shape index (κ2) is 14.2. The monoisotopic (exact) mass is 802 g/mol. The van der Waals surface area contributed by atoms with E-state index < -0.39 is 46.5 Å². The van der Waals surface area contributed by atoms with E-state index in [1.165, 1.54) is 48.5 Å². The van der Waals surface area contributed by atoms with Crippen molar-refractivity contribution in [3.8, 4) is 89.0 Å². The Balaban J connectivity index is 1.21. The first-order valence-corrected chi connectivity index (χ1v) is 18.8. The molecule has 0 fully saturated rings. The quantitative estimate of drug-likeness (QED) is 0.147. The third-order valence-electron chi connectivity index (χ3n) is 11.0. The van der Waals surface area contributed by atoms with Crippen molar-refractivity contribution in [3.05, 3.63) is 204 Å². The van der Waals surface area contributed by atoms with E-state index in [4.69, 9.17) is 0 Å². The van der Waals surface area contributed by atoms with Crippen molar-refractivity contribution in [1.82, 2.24) is 0 Å². The maximum absolute atomic E-state index is 14.8. The maximum Gasteiger partial charge on any atom is 0.126 e. The fourth-order valence-electron chi connectivity index (χ4n) is 8.74. The fraction of sp³-hybridized carbons (Fsp3) is 0. The predicted octanol–water partition coefficient (Wildman–Crippen LogP) is 15.6. The number of hydrogen-bond donors (Lipinski definition) is 0. The lowest BCUT2D eigenvalue weighted by molar-refractivity contribution is 0.583. The van der Waals surface area contributed by atoms with E-state index in [9.17, 15) is 35.1 Å². The van der Waals surface area contributed by atoms with Gasteiger partial charge in [0.1, 0.15) is 46.5 Å². The lowest BCUT2D eigenvalue weighted by Gasteiger charge is -2.19. The van der Waals surface area contributed by atoms with E-state index in [0.29, 0.717) is 44.5 Å². The molecule has 10 rings (SSSR count). The molecule has 1 aliphatic rings. The average molecular weight is 803 g/mol. The highest BCUT2D eigenvalue weighted by atomic mass is 19.2. The van der Waals surface area contributed by atoms with Crippen molar-refractivity contribution in [2.45, 2.75) is 0 Å². The van der Waals surface area contributed by atoms with Gasteiger partial charge in [-0.2, -0.15) is 0 Å². The molecule has 0 spiro atoms. The number of fused-ring (bicyclic) bond motifs is 3. The summed E-state index contributed by atoms with van der Waals surface area (Å²) in [6.45, 7) is 0. The van der Waals surface area contributed by atoms with E-state index in [1.807, 2.05) is 48.5 Å². The lowest BCUT2D eigenvalue weighted by atomic mass is 9.84. The summed E-state index contributed by atoms with van der Waals surface area (Å²) in [4.78, 5) is 0. The van der Waals surface area contributed by atoms with Gasteiger partial charge in [0.15, 0.2) is 0 Å². The molecule has 1 aliphatic carbocycles. The number of halogens is 8. The SMILES string of the molecule is Fc1cc(F)cc(-c2cccc(-c3cc(F)cc(F)c3)c2-c2ccc3c(c2)-c2cccc4c(-c5c(-c6cc(F)cc(F)c6)cccc5-c5cc(F)cc(F)c5)ccc-3c24)c1. The molecule has 0 aromatic heterocycles. The Bertz CT molecular complexity index is 3040. The molecule has 0 saturated carbocycles. The minimum atomic E-state index is -0.792. The normalized spacial score (nSPS) is 11.7. The molecule has 0 amide bonds. The van der Waals surface area contributed by atoms with Gasteiger partial charge in [0.25, 0.3) is 0 Å². The molecule has 0 aliphatic heterocycles. The first-order chi connectivity index (χ1) is 29.0. The van der Waals surface area contributed by atoms with Crippen molar-refractivity contribution in [2.24, 2.45) is 0 Å². The van der Waals surface area contributed by atoms with E-state index in [0.717, 1.165) is 57.3 Å². The third kappa shape index (κ3) is 6.32. The largest absolute Gasteiger partial charge is 0.207 e. The highest BCUT2D eigenvalue weighted by Crippen LogP contribution is 2.53. The van der Waals surface area contributed by atoms with Crippen molar-refractivity contribution < 1.29 is 35.1 Å². The molecule has 0 unspecified atom stereocenters. The predicted molar refractivity (Wildman–Crippen MR) is 221 cm³/mol. The summed E-state index contributed by atoms with van der Waals surface area (Å²) in [5, 5.41) is 1.59. The standard InChI is InChI=1S/C52H26F8/c53-32-14-28(15-33(54)23-32)40-4-1-5-41(29-16-34(55)24-35(56)17-29)50(40)27-10-11-44-47-12-13-48(45-8-3-9-46(52(45)47)49(44)22-27)51-42(30-18-36(57)25-37(58)19-30)6-2-7-43(51)31-20-38(59)26-39(60)21-31/h1-26H. The van der Waals surface area contributed by atoms with Crippen LogP contribution in [-0.2, 0) is 0 Å². The molecular weight excluding hydrogens is 777 g/mol. The Kier molecular flexibility index (Phi) is 8.75. The molecule has 0 heterocycles. The second-order valence-corrected chi connectivity index (χ2v) is 14.7. The van der Waals surface area contributed by atoms with Gasteiger partial charge in [-0.3, -0.25) is 0 Å². The van der Waals surface area contributed by atoms with Crippen molar-refractivity contribution in [2.75, 3.05) is 0 Å². The molecule has 0 bridgehead atoms. The first kappa shape index (κ1) is 37.0. The van der Waals surface area contributed by atoms with Gasteiger partial charge in [-0.25, -0.2) is 35.1 Å². The molecule has 0 saturated heterocycles. The molecule has 0 atom stereocenters. The molecule has 0 N–H and O–H groups in total. The summed E-state index contributed by atoms with van der Waals surface area (Å²) >= 11 is 0. The van der Waals surface area contributed by atoms with Crippen LogP contribution in [0.3, 0.4) is 0 Å². The smallest absolute Gasteiger partial charge is 0.126 e. The van der Waals surface area contributed by atoms with E-state index in [-0.39, 0.29) is 22.3 Å². The van der Waals surface area contributed by atoms with Crippen LogP contribution in [0.2, 0.25) is 0 Å². The fourth-order valence-corrected chi connectivity index (χ4v) is 8.74. The molecule has 60 heavy (non-hydrogen) atoms. The van der Waals surface area contributed by atoms with Crippen LogP contribution in [0.15, 0.2) is 158 Å². The number of benzene rings is 9. The second-order valence-electron chi connectivity index (χ2n) is 14.7. The average Bonchev–Trinajstić information content (AvgIpc) is 3.53. The van der Waals surface area contributed by atoms with Crippen LogP contribution in [0.1, 0.15) is 0 Å². The Labute approximate surface area is 338 Å². The van der Waals surface area contributed by atoms with Gasteiger partial charge in [0.2, 0.25) is 0 Å². The van der Waals surface area contributed by atoms with Gasteiger partial charge >= 0.3 is 0 Å². The van der Waals surface area contributed by atoms with Crippen LogP contribution >= 0.6 is 0 Å². The summed E-state index contributed by atoms with van der Waals surface area (Å²) in [6, 6.07) is 38.1. The molecule has 0 nitrogen and oxygen atoms in total. The van der Waals surface area contributed by atoms with Gasteiger partial charge in [0, 0.05) is 24.3 Å². The highest BCUT2D eigenvalue weighted by molar-refractivity contribution is 6.20. The van der Waals surface area contributed by atoms with Gasteiger partial charge in [-0.05, 0) is 154 Å². The van der Waals surface area contributed by atoms with Crippen LogP contribution < -0.4 is 0 Å². The Morgan fingerprint density at radius 1 is 0.217 bits per heavy atom. The lowest BCUT2D eigenvalue weighted by Crippen LogP contribution is -1.94. The molecular formula is C52H26F8. The summed E-state index contributed by atoms with van der Waals surface area (Å²) in [5.41, 5.74) is 8.19. The van der Waals surface area contributed by atoms with Crippen LogP contribution in [-0.4, -0.2) is 0 Å². The molecule has 290 valence electrons. The summed E-state index contributed by atoms with van der Waals surface area (Å²) in [6.07, 6.45) is 0. The Hall–Kier alpha value is -7.32. The van der Waals surface area contributed by atoms with Crippen LogP contribution in [0.25, 0.3) is 99.8 Å². The summed E-state index contributed by atoms with van der Waals surface area (Å²) in [5.74, 6) is -6.34. The topological polar surface area (TPSA) is 0 Å². The summed E-state index contributed by atoms with van der Waals surface area (Å²) < 4.78 is 118. The zero-order valence-electron chi connectivity index (χ0n) is 31.0. The third-order valence-corrected chi connectivity index (χ3v) is 11.0. The molecule has 9 aromatic carbocycles. The van der Waals surface area contributed by atoms with Gasteiger partial charge < -0.3 is 0 Å². The molecule has 0 radical (unpaired) electrons. The first-order valence-electron chi connectivity index (χ1n) is 18.8. The minimum Gasteiger partial charge on any atom is -0.207 e. The Morgan fingerprint density at radius 2 is 0.550 bits per heavy atom. The highest BCUT2D eigenvalue weighted by Gasteiger charge is 2.27. The zero-order valence-corrected chi connectivity index (χ0v) is 31.0. The number of hydrogen-bond acceptors (Lipinski definition) is 0. The van der Waals surface area contributed by atoms with E-state index in [2.05, 4.69) is 0 Å².